The highest BCUT2D eigenvalue weighted by molar-refractivity contribution is 5.82. The van der Waals surface area contributed by atoms with Crippen molar-refractivity contribution >= 4 is 17.1 Å². The Bertz CT molecular complexity index is 1320. The van der Waals surface area contributed by atoms with Crippen LogP contribution in [-0.2, 0) is 12.8 Å². The molecule has 0 atom stereocenters. The normalized spacial score (nSPS) is 13.3. The maximum absolute atomic E-state index is 5.94. The van der Waals surface area contributed by atoms with Gasteiger partial charge in [-0.15, -0.1) is 0 Å². The zero-order valence-electron chi connectivity index (χ0n) is 20.0. The standard InChI is InChI=1S/C16H15N.C15H15NO/c1-17-15-10-6-5-9-14(15)11-12-16(17)13-7-3-2-4-8-13;1-16(2)13-8-7-12-9-11-5-3-4-6-14(11)17-15(12)10-13/h2-10,12H,11H2,1H3;3-8,10H,9H2,1-2H3. The summed E-state index contributed by atoms with van der Waals surface area (Å²) in [5.74, 6) is 1.96. The Morgan fingerprint density at radius 3 is 2.18 bits per heavy atom. The molecule has 6 rings (SSSR count). The van der Waals surface area contributed by atoms with Crippen LogP contribution in [0.1, 0.15) is 22.3 Å². The van der Waals surface area contributed by atoms with E-state index in [9.17, 15) is 0 Å². The van der Waals surface area contributed by atoms with Gasteiger partial charge in [-0.2, -0.15) is 0 Å². The molecule has 0 saturated heterocycles. The second kappa shape index (κ2) is 9.48. The molecule has 2 aliphatic heterocycles. The van der Waals surface area contributed by atoms with E-state index in [2.05, 4.69) is 108 Å². The van der Waals surface area contributed by atoms with Crippen molar-refractivity contribution in [3.05, 3.63) is 125 Å². The third-order valence-corrected chi connectivity index (χ3v) is 6.44. The molecule has 2 aliphatic rings. The van der Waals surface area contributed by atoms with Gasteiger partial charge < -0.3 is 14.5 Å². The Labute approximate surface area is 202 Å². The first-order valence-electron chi connectivity index (χ1n) is 11.7. The molecule has 0 bridgehead atoms. The van der Waals surface area contributed by atoms with E-state index in [1.807, 2.05) is 26.2 Å². The van der Waals surface area contributed by atoms with Crippen molar-refractivity contribution in [1.29, 1.82) is 0 Å². The Balaban J connectivity index is 0.000000142. The zero-order valence-corrected chi connectivity index (χ0v) is 20.0. The van der Waals surface area contributed by atoms with Crippen molar-refractivity contribution in [2.45, 2.75) is 12.8 Å². The lowest BCUT2D eigenvalue weighted by Crippen LogP contribution is -2.20. The van der Waals surface area contributed by atoms with Crippen LogP contribution in [0.15, 0.2) is 103 Å². The number of benzene rings is 4. The van der Waals surface area contributed by atoms with E-state index in [0.717, 1.165) is 24.3 Å². The molecule has 4 aromatic carbocycles. The fraction of sp³-hybridized carbons (Fsp3) is 0.161. The van der Waals surface area contributed by atoms with Crippen LogP contribution >= 0.6 is 0 Å². The molecular weight excluding hydrogens is 416 g/mol. The van der Waals surface area contributed by atoms with Gasteiger partial charge in [0.1, 0.15) is 11.5 Å². The van der Waals surface area contributed by atoms with Crippen LogP contribution in [0.2, 0.25) is 0 Å². The number of hydrogen-bond acceptors (Lipinski definition) is 3. The summed E-state index contributed by atoms with van der Waals surface area (Å²) in [7, 11) is 6.22. The maximum atomic E-state index is 5.94. The number of rotatable bonds is 2. The first-order valence-corrected chi connectivity index (χ1v) is 11.7. The largest absolute Gasteiger partial charge is 0.457 e. The number of allylic oxidation sites excluding steroid dienone is 1. The van der Waals surface area contributed by atoms with Crippen molar-refractivity contribution in [2.24, 2.45) is 0 Å². The molecule has 3 heteroatoms. The van der Waals surface area contributed by atoms with E-state index in [-0.39, 0.29) is 0 Å². The van der Waals surface area contributed by atoms with Crippen molar-refractivity contribution < 1.29 is 4.74 Å². The molecule has 4 aromatic rings. The molecule has 0 N–H and O–H groups in total. The van der Waals surface area contributed by atoms with Crippen molar-refractivity contribution in [2.75, 3.05) is 30.9 Å². The van der Waals surface area contributed by atoms with E-state index >= 15 is 0 Å². The van der Waals surface area contributed by atoms with Crippen LogP contribution in [0.5, 0.6) is 11.5 Å². The van der Waals surface area contributed by atoms with Gasteiger partial charge in [-0.05, 0) is 46.9 Å². The Morgan fingerprint density at radius 1 is 0.706 bits per heavy atom. The quantitative estimate of drug-likeness (QED) is 0.286. The molecule has 0 amide bonds. The van der Waals surface area contributed by atoms with Crippen LogP contribution < -0.4 is 14.5 Å². The van der Waals surface area contributed by atoms with Gasteiger partial charge in [-0.1, -0.05) is 78.9 Å². The van der Waals surface area contributed by atoms with E-state index < -0.39 is 0 Å². The SMILES string of the molecule is CN(C)c1ccc2c(c1)Oc1ccccc1C2.CN1C(c2ccccc2)=CCc2ccccc21. The number of para-hydroxylation sites is 2. The fourth-order valence-corrected chi connectivity index (χ4v) is 4.54. The number of ether oxygens (including phenoxy) is 1. The van der Waals surface area contributed by atoms with E-state index in [1.54, 1.807) is 0 Å². The third kappa shape index (κ3) is 4.42. The number of fused-ring (bicyclic) bond motifs is 3. The average molecular weight is 447 g/mol. The van der Waals surface area contributed by atoms with Crippen LogP contribution in [0.25, 0.3) is 5.70 Å². The molecule has 0 aliphatic carbocycles. The number of anilines is 2. The van der Waals surface area contributed by atoms with Crippen LogP contribution in [0.3, 0.4) is 0 Å². The zero-order chi connectivity index (χ0) is 23.5. The first-order chi connectivity index (χ1) is 16.6. The lowest BCUT2D eigenvalue weighted by Gasteiger charge is -2.29. The van der Waals surface area contributed by atoms with Gasteiger partial charge in [-0.25, -0.2) is 0 Å². The summed E-state index contributed by atoms with van der Waals surface area (Å²) in [6.45, 7) is 0. The summed E-state index contributed by atoms with van der Waals surface area (Å²) in [5.41, 5.74) is 8.98. The summed E-state index contributed by atoms with van der Waals surface area (Å²) in [6, 6.07) is 33.8. The van der Waals surface area contributed by atoms with Gasteiger partial charge in [-0.3, -0.25) is 0 Å². The fourth-order valence-electron chi connectivity index (χ4n) is 4.54. The van der Waals surface area contributed by atoms with Crippen LogP contribution in [0, 0.1) is 0 Å². The van der Waals surface area contributed by atoms with Gasteiger partial charge in [0.15, 0.2) is 0 Å². The summed E-state index contributed by atoms with van der Waals surface area (Å²) in [5, 5.41) is 0. The lowest BCUT2D eigenvalue weighted by molar-refractivity contribution is 0.460. The summed E-state index contributed by atoms with van der Waals surface area (Å²) < 4.78 is 5.94. The highest BCUT2D eigenvalue weighted by Gasteiger charge is 2.17. The van der Waals surface area contributed by atoms with Crippen LogP contribution in [0.4, 0.5) is 11.4 Å². The van der Waals surface area contributed by atoms with Gasteiger partial charge in [0, 0.05) is 50.7 Å². The molecule has 0 saturated carbocycles. The van der Waals surface area contributed by atoms with Gasteiger partial charge in [0.05, 0.1) is 0 Å². The highest BCUT2D eigenvalue weighted by atomic mass is 16.5. The minimum absolute atomic E-state index is 0.958. The molecule has 0 radical (unpaired) electrons. The van der Waals surface area contributed by atoms with Crippen LogP contribution in [-0.4, -0.2) is 21.1 Å². The molecule has 3 nitrogen and oxygen atoms in total. The third-order valence-electron chi connectivity index (χ3n) is 6.44. The second-order valence-electron chi connectivity index (χ2n) is 8.92. The van der Waals surface area contributed by atoms with Crippen molar-refractivity contribution in [3.8, 4) is 11.5 Å². The lowest BCUT2D eigenvalue weighted by atomic mass is 10.00. The molecule has 170 valence electrons. The molecule has 0 fully saturated rings. The maximum Gasteiger partial charge on any atom is 0.133 e. The molecular formula is C31H30N2O. The van der Waals surface area contributed by atoms with Crippen molar-refractivity contribution in [3.63, 3.8) is 0 Å². The highest BCUT2D eigenvalue weighted by Crippen LogP contribution is 2.38. The summed E-state index contributed by atoms with van der Waals surface area (Å²) >= 11 is 0. The van der Waals surface area contributed by atoms with Gasteiger partial charge >= 0.3 is 0 Å². The smallest absolute Gasteiger partial charge is 0.133 e. The molecule has 2 heterocycles. The number of nitrogens with zero attached hydrogens (tertiary/aromatic N) is 2. The Hall–Kier alpha value is -3.98. The van der Waals surface area contributed by atoms with E-state index in [1.165, 1.54) is 39.3 Å². The topological polar surface area (TPSA) is 15.7 Å². The monoisotopic (exact) mass is 446 g/mol. The average Bonchev–Trinajstić information content (AvgIpc) is 2.88. The minimum Gasteiger partial charge on any atom is -0.457 e. The van der Waals surface area contributed by atoms with E-state index in [4.69, 9.17) is 4.74 Å². The molecule has 0 unspecified atom stereocenters. The second-order valence-corrected chi connectivity index (χ2v) is 8.92. The molecule has 0 spiro atoms. The first kappa shape index (κ1) is 21.8. The number of hydrogen-bond donors (Lipinski definition) is 0. The molecule has 0 aromatic heterocycles. The van der Waals surface area contributed by atoms with E-state index in [0.29, 0.717) is 0 Å². The minimum atomic E-state index is 0.958. The summed E-state index contributed by atoms with van der Waals surface area (Å²) in [6.07, 6.45) is 4.28. The van der Waals surface area contributed by atoms with Gasteiger partial charge in [0.2, 0.25) is 0 Å². The Morgan fingerprint density at radius 2 is 1.38 bits per heavy atom. The molecule has 34 heavy (non-hydrogen) atoms. The summed E-state index contributed by atoms with van der Waals surface area (Å²) in [4.78, 5) is 4.36. The predicted octanol–water partition coefficient (Wildman–Crippen LogP) is 7.17. The predicted molar refractivity (Wildman–Crippen MR) is 143 cm³/mol. The Kier molecular flexibility index (Phi) is 6.09. The van der Waals surface area contributed by atoms with Crippen molar-refractivity contribution in [1.82, 2.24) is 0 Å². The van der Waals surface area contributed by atoms with Gasteiger partial charge in [0.25, 0.3) is 0 Å².